The van der Waals surface area contributed by atoms with E-state index >= 15 is 0 Å². The van der Waals surface area contributed by atoms with Crippen LogP contribution in [0.4, 0.5) is 5.69 Å². The summed E-state index contributed by atoms with van der Waals surface area (Å²) in [6, 6.07) is 10.2. The fourth-order valence-electron chi connectivity index (χ4n) is 2.96. The quantitative estimate of drug-likeness (QED) is 0.772. The summed E-state index contributed by atoms with van der Waals surface area (Å²) in [5.41, 5.74) is 2.80. The van der Waals surface area contributed by atoms with Crippen molar-refractivity contribution in [3.8, 4) is 11.5 Å². The Morgan fingerprint density at radius 1 is 1.00 bits per heavy atom. The minimum atomic E-state index is -3.75. The molecule has 0 atom stereocenters. The van der Waals surface area contributed by atoms with Crippen LogP contribution in [0.25, 0.3) is 0 Å². The Balaban J connectivity index is 1.57. The number of sulfonamides is 1. The molecule has 3 rings (SSSR count). The second-order valence-corrected chi connectivity index (χ2v) is 8.50. The van der Waals surface area contributed by atoms with Crippen molar-refractivity contribution in [3.05, 3.63) is 47.5 Å². The Bertz CT molecular complexity index is 952. The molecule has 0 fully saturated rings. The highest BCUT2D eigenvalue weighted by Gasteiger charge is 2.19. The average molecular weight is 404 g/mol. The number of amides is 1. The molecule has 8 heteroatoms. The van der Waals surface area contributed by atoms with Crippen molar-refractivity contribution in [2.24, 2.45) is 0 Å². The lowest BCUT2D eigenvalue weighted by Crippen LogP contribution is -2.28. The lowest BCUT2D eigenvalue weighted by atomic mass is 10.1. The van der Waals surface area contributed by atoms with Crippen molar-refractivity contribution >= 4 is 21.6 Å². The fraction of sp³-hybridized carbons (Fsp3) is 0.350. The Morgan fingerprint density at radius 2 is 1.68 bits per heavy atom. The van der Waals surface area contributed by atoms with Crippen molar-refractivity contribution in [2.45, 2.75) is 31.6 Å². The molecule has 2 aromatic rings. The zero-order valence-electron chi connectivity index (χ0n) is 15.9. The van der Waals surface area contributed by atoms with Crippen molar-refractivity contribution < 1.29 is 22.7 Å². The number of aryl methyl sites for hydroxylation is 2. The van der Waals surface area contributed by atoms with E-state index in [0.29, 0.717) is 30.4 Å². The minimum absolute atomic E-state index is 0.00654. The van der Waals surface area contributed by atoms with Gasteiger partial charge in [0.1, 0.15) is 0 Å². The molecule has 0 saturated heterocycles. The van der Waals surface area contributed by atoms with Gasteiger partial charge in [0, 0.05) is 31.1 Å². The zero-order valence-corrected chi connectivity index (χ0v) is 16.8. The number of hydrogen-bond acceptors (Lipinski definition) is 5. The smallest absolute Gasteiger partial charge is 0.240 e. The number of carbonyl (C=O) groups excluding carboxylic acids is 1. The van der Waals surface area contributed by atoms with E-state index in [1.807, 2.05) is 32.0 Å². The highest BCUT2D eigenvalue weighted by atomic mass is 32.2. The normalized spacial score (nSPS) is 13.6. The van der Waals surface area contributed by atoms with Crippen molar-refractivity contribution in [2.75, 3.05) is 25.1 Å². The second-order valence-electron chi connectivity index (χ2n) is 6.73. The standard InChI is InChI=1S/C20H24N2O5S/c1-14-10-15(2)12-16(11-14)22-20(23)6-7-21-28(24,25)17-4-5-18-19(13-17)27-9-3-8-26-18/h4-5,10-13,21H,3,6-9H2,1-2H3,(H,22,23). The van der Waals surface area contributed by atoms with E-state index in [2.05, 4.69) is 10.0 Å². The molecule has 0 saturated carbocycles. The second kappa shape index (κ2) is 8.62. The summed E-state index contributed by atoms with van der Waals surface area (Å²) in [5.74, 6) is 0.684. The number of fused-ring (bicyclic) bond motifs is 1. The Labute approximate surface area is 165 Å². The van der Waals surface area contributed by atoms with Gasteiger partial charge in [0.2, 0.25) is 15.9 Å². The van der Waals surface area contributed by atoms with E-state index < -0.39 is 10.0 Å². The van der Waals surface area contributed by atoms with Crippen molar-refractivity contribution in [3.63, 3.8) is 0 Å². The van der Waals surface area contributed by atoms with Crippen LogP contribution in [0, 0.1) is 13.8 Å². The Kier molecular flexibility index (Phi) is 6.21. The molecule has 150 valence electrons. The minimum Gasteiger partial charge on any atom is -0.490 e. The van der Waals surface area contributed by atoms with Gasteiger partial charge < -0.3 is 14.8 Å². The molecule has 7 nitrogen and oxygen atoms in total. The SMILES string of the molecule is Cc1cc(C)cc(NC(=O)CCNS(=O)(=O)c2ccc3c(c2)OCCCO3)c1. The van der Waals surface area contributed by atoms with Crippen LogP contribution in [0.3, 0.4) is 0 Å². The summed E-state index contributed by atoms with van der Waals surface area (Å²) in [7, 11) is -3.75. The van der Waals surface area contributed by atoms with E-state index in [4.69, 9.17) is 9.47 Å². The van der Waals surface area contributed by atoms with Crippen LogP contribution in [0.15, 0.2) is 41.3 Å². The summed E-state index contributed by atoms with van der Waals surface area (Å²) in [6.45, 7) is 4.90. The first-order valence-electron chi connectivity index (χ1n) is 9.11. The van der Waals surface area contributed by atoms with Gasteiger partial charge in [0.25, 0.3) is 0 Å². The molecular weight excluding hydrogens is 380 g/mol. The van der Waals surface area contributed by atoms with Crippen molar-refractivity contribution in [1.82, 2.24) is 4.72 Å². The van der Waals surface area contributed by atoms with E-state index in [-0.39, 0.29) is 23.8 Å². The van der Waals surface area contributed by atoms with E-state index in [1.165, 1.54) is 12.1 Å². The maximum Gasteiger partial charge on any atom is 0.240 e. The molecule has 0 aromatic heterocycles. The van der Waals surface area contributed by atoms with Gasteiger partial charge in [-0.05, 0) is 49.2 Å². The van der Waals surface area contributed by atoms with Crippen LogP contribution < -0.4 is 19.5 Å². The van der Waals surface area contributed by atoms with Gasteiger partial charge in [0.05, 0.1) is 18.1 Å². The predicted octanol–water partition coefficient (Wildman–Crippen LogP) is 2.77. The van der Waals surface area contributed by atoms with Gasteiger partial charge in [-0.15, -0.1) is 0 Å². The molecule has 0 bridgehead atoms. The molecule has 28 heavy (non-hydrogen) atoms. The zero-order chi connectivity index (χ0) is 20.1. The summed E-state index contributed by atoms with van der Waals surface area (Å²) < 4.78 is 38.5. The van der Waals surface area contributed by atoms with Crippen LogP contribution in [0.1, 0.15) is 24.0 Å². The number of anilines is 1. The highest BCUT2D eigenvalue weighted by molar-refractivity contribution is 7.89. The van der Waals surface area contributed by atoms with E-state index in [0.717, 1.165) is 17.5 Å². The summed E-state index contributed by atoms with van der Waals surface area (Å²) in [6.07, 6.45) is 0.765. The number of rotatable bonds is 6. The first-order valence-corrected chi connectivity index (χ1v) is 10.6. The summed E-state index contributed by atoms with van der Waals surface area (Å²) in [5, 5.41) is 2.79. The van der Waals surface area contributed by atoms with Crippen LogP contribution in [-0.2, 0) is 14.8 Å². The van der Waals surface area contributed by atoms with Crippen LogP contribution in [-0.4, -0.2) is 34.1 Å². The van der Waals surface area contributed by atoms with E-state index in [9.17, 15) is 13.2 Å². The van der Waals surface area contributed by atoms with Crippen LogP contribution >= 0.6 is 0 Å². The maximum atomic E-state index is 12.5. The third kappa shape index (κ3) is 5.24. The highest BCUT2D eigenvalue weighted by Crippen LogP contribution is 2.31. The van der Waals surface area contributed by atoms with E-state index in [1.54, 1.807) is 6.07 Å². The molecular formula is C20H24N2O5S. The summed E-state index contributed by atoms with van der Waals surface area (Å²) in [4.78, 5) is 12.2. The molecule has 1 heterocycles. The molecule has 2 N–H and O–H groups in total. The summed E-state index contributed by atoms with van der Waals surface area (Å²) >= 11 is 0. The van der Waals surface area contributed by atoms with Gasteiger partial charge in [-0.2, -0.15) is 0 Å². The number of carbonyl (C=O) groups is 1. The first kappa shape index (κ1) is 20.2. The molecule has 0 spiro atoms. The molecule has 0 unspecified atom stereocenters. The molecule has 1 amide bonds. The fourth-order valence-corrected chi connectivity index (χ4v) is 4.01. The molecule has 0 radical (unpaired) electrons. The third-order valence-corrected chi connectivity index (χ3v) is 5.64. The molecule has 1 aliphatic heterocycles. The number of nitrogens with one attached hydrogen (secondary N) is 2. The molecule has 0 aliphatic carbocycles. The van der Waals surface area contributed by atoms with Gasteiger partial charge in [-0.25, -0.2) is 13.1 Å². The van der Waals surface area contributed by atoms with Gasteiger partial charge in [-0.3, -0.25) is 4.79 Å². The lowest BCUT2D eigenvalue weighted by molar-refractivity contribution is -0.116. The third-order valence-electron chi connectivity index (χ3n) is 4.18. The lowest BCUT2D eigenvalue weighted by Gasteiger charge is -2.11. The maximum absolute atomic E-state index is 12.5. The molecule has 2 aromatic carbocycles. The largest absolute Gasteiger partial charge is 0.490 e. The Hall–Kier alpha value is -2.58. The number of ether oxygens (including phenoxy) is 2. The van der Waals surface area contributed by atoms with Gasteiger partial charge in [0.15, 0.2) is 11.5 Å². The molecule has 1 aliphatic rings. The van der Waals surface area contributed by atoms with Crippen molar-refractivity contribution in [1.29, 1.82) is 0 Å². The van der Waals surface area contributed by atoms with Crippen LogP contribution in [0.5, 0.6) is 11.5 Å². The predicted molar refractivity (Wildman–Crippen MR) is 106 cm³/mol. The van der Waals surface area contributed by atoms with Gasteiger partial charge >= 0.3 is 0 Å². The van der Waals surface area contributed by atoms with Gasteiger partial charge in [-0.1, -0.05) is 6.07 Å². The van der Waals surface area contributed by atoms with Crippen LogP contribution in [0.2, 0.25) is 0 Å². The Morgan fingerprint density at radius 3 is 2.39 bits per heavy atom. The topological polar surface area (TPSA) is 93.7 Å². The average Bonchev–Trinajstić information content (AvgIpc) is 2.85. The monoisotopic (exact) mass is 404 g/mol. The number of hydrogen-bond donors (Lipinski definition) is 2. The number of benzene rings is 2. The first-order chi connectivity index (χ1) is 13.3.